The second kappa shape index (κ2) is 7.32. The van der Waals surface area contributed by atoms with Crippen LogP contribution in [0.1, 0.15) is 12.2 Å². The fourth-order valence-corrected chi connectivity index (χ4v) is 3.58. The lowest BCUT2D eigenvalue weighted by atomic mass is 10.2. The van der Waals surface area contributed by atoms with Crippen molar-refractivity contribution < 1.29 is 8.78 Å². The van der Waals surface area contributed by atoms with Crippen LogP contribution in [0, 0.1) is 0 Å². The van der Waals surface area contributed by atoms with Gasteiger partial charge in [0.1, 0.15) is 0 Å². The average Bonchev–Trinajstić information content (AvgIpc) is 3.14. The normalized spacial score (nSPS) is 11.4. The van der Waals surface area contributed by atoms with Gasteiger partial charge in [-0.05, 0) is 36.4 Å². The molecule has 0 aliphatic heterocycles. The Kier molecular flexibility index (Phi) is 4.72. The van der Waals surface area contributed by atoms with Crippen molar-refractivity contribution in [3.8, 4) is 0 Å². The van der Waals surface area contributed by atoms with Crippen molar-refractivity contribution in [3.63, 3.8) is 0 Å². The van der Waals surface area contributed by atoms with Crippen LogP contribution in [-0.4, -0.2) is 19.6 Å². The molecular weight excluding hydrogens is 370 g/mol. The monoisotopic (exact) mass is 384 g/mol. The van der Waals surface area contributed by atoms with Gasteiger partial charge in [0.15, 0.2) is 0 Å². The van der Waals surface area contributed by atoms with Gasteiger partial charge in [-0.3, -0.25) is 4.79 Å². The highest BCUT2D eigenvalue weighted by atomic mass is 32.2. The third-order valence-electron chi connectivity index (χ3n) is 3.98. The molecule has 0 bridgehead atoms. The first-order chi connectivity index (χ1) is 13.1. The van der Waals surface area contributed by atoms with Gasteiger partial charge in [-0.25, -0.2) is 9.36 Å². The first-order valence-electron chi connectivity index (χ1n) is 8.15. The number of fused-ring (bicyclic) bond motifs is 1. The van der Waals surface area contributed by atoms with E-state index in [9.17, 15) is 13.6 Å². The van der Waals surface area contributed by atoms with Gasteiger partial charge in [-0.1, -0.05) is 30.0 Å². The largest absolute Gasteiger partial charge is 0.333 e. The van der Waals surface area contributed by atoms with Gasteiger partial charge in [0, 0.05) is 21.4 Å². The maximum atomic E-state index is 12.7. The van der Waals surface area contributed by atoms with E-state index in [1.165, 1.54) is 16.9 Å². The maximum absolute atomic E-state index is 12.7. The van der Waals surface area contributed by atoms with Crippen molar-refractivity contribution in [2.75, 3.05) is 0 Å². The molecule has 2 heterocycles. The summed E-state index contributed by atoms with van der Waals surface area (Å²) in [4.78, 5) is 14.8. The number of halogens is 2. The van der Waals surface area contributed by atoms with Crippen molar-refractivity contribution in [2.24, 2.45) is 0 Å². The molecule has 27 heavy (non-hydrogen) atoms. The van der Waals surface area contributed by atoms with Crippen LogP contribution >= 0.6 is 11.8 Å². The zero-order valence-electron chi connectivity index (χ0n) is 14.0. The molecule has 0 radical (unpaired) electrons. The summed E-state index contributed by atoms with van der Waals surface area (Å²) in [5, 5.41) is 9.17. The fourth-order valence-electron chi connectivity index (χ4n) is 2.69. The van der Waals surface area contributed by atoms with Crippen molar-refractivity contribution in [3.05, 3.63) is 83.0 Å². The van der Waals surface area contributed by atoms with Gasteiger partial charge < -0.3 is 0 Å². The molecule has 0 saturated heterocycles. The third kappa shape index (κ3) is 3.75. The summed E-state index contributed by atoms with van der Waals surface area (Å²) in [5.74, 6) is 0. The second-order valence-corrected chi connectivity index (χ2v) is 6.98. The van der Waals surface area contributed by atoms with Crippen LogP contribution in [0.2, 0.25) is 0 Å². The number of hydrogen-bond donors (Lipinski definition) is 0. The number of nitrogens with zero attached hydrogens (tertiary/aromatic N) is 4. The first-order valence-corrected chi connectivity index (χ1v) is 8.97. The Labute approximate surface area is 157 Å². The molecular formula is C19H14F2N4OS. The molecule has 0 aliphatic rings. The van der Waals surface area contributed by atoms with Crippen molar-refractivity contribution in [1.82, 2.24) is 19.6 Å². The van der Waals surface area contributed by atoms with Crippen LogP contribution in [0.5, 0.6) is 0 Å². The van der Waals surface area contributed by atoms with E-state index in [2.05, 4.69) is 10.2 Å². The summed E-state index contributed by atoms with van der Waals surface area (Å²) in [6.07, 6.45) is 2.79. The molecule has 0 spiro atoms. The molecule has 4 aromatic rings. The van der Waals surface area contributed by atoms with Crippen molar-refractivity contribution in [1.29, 1.82) is 0 Å². The highest BCUT2D eigenvalue weighted by Gasteiger charge is 2.10. The quantitative estimate of drug-likeness (QED) is 0.518. The topological polar surface area (TPSA) is 52.7 Å². The predicted molar refractivity (Wildman–Crippen MR) is 99.2 cm³/mol. The van der Waals surface area contributed by atoms with Gasteiger partial charge in [0.05, 0.1) is 23.8 Å². The molecule has 8 heteroatoms. The Morgan fingerprint density at radius 3 is 2.59 bits per heavy atom. The van der Waals surface area contributed by atoms with E-state index in [4.69, 9.17) is 0 Å². The number of hydrogen-bond acceptors (Lipinski definition) is 4. The Morgan fingerprint density at radius 2 is 1.85 bits per heavy atom. The molecule has 5 nitrogen and oxygen atoms in total. The highest BCUT2D eigenvalue weighted by molar-refractivity contribution is 7.99. The summed E-state index contributed by atoms with van der Waals surface area (Å²) in [7, 11) is 0. The van der Waals surface area contributed by atoms with E-state index in [1.54, 1.807) is 24.0 Å². The van der Waals surface area contributed by atoms with Crippen LogP contribution in [0.25, 0.3) is 10.8 Å². The summed E-state index contributed by atoms with van der Waals surface area (Å²) >= 11 is 1.60. The minimum absolute atomic E-state index is 0.0367. The van der Waals surface area contributed by atoms with Gasteiger partial charge in [0.2, 0.25) is 0 Å². The number of benzene rings is 2. The minimum Gasteiger partial charge on any atom is -0.267 e. The molecule has 2 aromatic carbocycles. The highest BCUT2D eigenvalue weighted by Crippen LogP contribution is 2.29. The molecule has 0 aliphatic carbocycles. The molecule has 4 rings (SSSR count). The van der Waals surface area contributed by atoms with Crippen molar-refractivity contribution >= 4 is 22.5 Å². The average molecular weight is 384 g/mol. The Balaban J connectivity index is 1.62. The van der Waals surface area contributed by atoms with Crippen LogP contribution in [0.3, 0.4) is 0 Å². The minimum atomic E-state index is -2.71. The Hall–Kier alpha value is -3.00. The maximum Gasteiger partial charge on any atom is 0.333 e. The number of aromatic nitrogens is 4. The van der Waals surface area contributed by atoms with Crippen LogP contribution in [0.4, 0.5) is 8.78 Å². The van der Waals surface area contributed by atoms with Gasteiger partial charge in [0.25, 0.3) is 5.56 Å². The summed E-state index contributed by atoms with van der Waals surface area (Å²) in [6, 6.07) is 16.9. The molecule has 0 N–H and O–H groups in total. The molecule has 136 valence electrons. The molecule has 0 saturated carbocycles. The fraction of sp³-hybridized carbons (Fsp3) is 0.105. The van der Waals surface area contributed by atoms with E-state index in [-0.39, 0.29) is 12.1 Å². The van der Waals surface area contributed by atoms with Crippen molar-refractivity contribution in [2.45, 2.75) is 22.9 Å². The Bertz CT molecular complexity index is 1140. The van der Waals surface area contributed by atoms with Crippen LogP contribution in [0.15, 0.2) is 81.6 Å². The van der Waals surface area contributed by atoms with Gasteiger partial charge in [-0.15, -0.1) is 0 Å². The third-order valence-corrected chi connectivity index (χ3v) is 4.98. The van der Waals surface area contributed by atoms with Crippen LogP contribution in [-0.2, 0) is 6.54 Å². The lowest BCUT2D eigenvalue weighted by molar-refractivity contribution is 0.0561. The van der Waals surface area contributed by atoms with E-state index < -0.39 is 6.55 Å². The second-order valence-electron chi connectivity index (χ2n) is 5.84. The Morgan fingerprint density at radius 1 is 1.04 bits per heavy atom. The molecule has 0 unspecified atom stereocenters. The lowest BCUT2D eigenvalue weighted by Crippen LogP contribution is -2.23. The van der Waals surface area contributed by atoms with E-state index in [1.807, 2.05) is 42.5 Å². The smallest absolute Gasteiger partial charge is 0.267 e. The zero-order chi connectivity index (χ0) is 18.8. The molecule has 2 aromatic heterocycles. The summed E-state index contributed by atoms with van der Waals surface area (Å²) in [5.41, 5.74) is 0.0656. The molecule has 0 fully saturated rings. The standard InChI is InChI=1S/C19H14F2N4OS/c20-19(21)24-9-8-14(23-24)12-25-18(26)17-7-6-16(10-13(17)11-22-25)27-15-4-2-1-3-5-15/h1-11,19H,12H2. The summed E-state index contributed by atoms with van der Waals surface area (Å²) in [6.45, 7) is -2.67. The van der Waals surface area contributed by atoms with Crippen LogP contribution < -0.4 is 5.56 Å². The summed E-state index contributed by atoms with van der Waals surface area (Å²) < 4.78 is 27.0. The van der Waals surface area contributed by atoms with E-state index in [0.29, 0.717) is 15.8 Å². The zero-order valence-corrected chi connectivity index (χ0v) is 14.8. The van der Waals surface area contributed by atoms with Gasteiger partial charge >= 0.3 is 6.55 Å². The SMILES string of the molecule is O=c1c2ccc(Sc3ccccc3)cc2cnn1Cc1ccn(C(F)F)n1. The lowest BCUT2D eigenvalue weighted by Gasteiger charge is -2.06. The molecule has 0 amide bonds. The van der Waals surface area contributed by atoms with E-state index in [0.717, 1.165) is 15.2 Å². The number of rotatable bonds is 5. The van der Waals surface area contributed by atoms with E-state index >= 15 is 0 Å². The molecule has 0 atom stereocenters. The number of alkyl halides is 2. The van der Waals surface area contributed by atoms with Gasteiger partial charge in [-0.2, -0.15) is 19.0 Å². The predicted octanol–water partition coefficient (Wildman–Crippen LogP) is 4.19. The first kappa shape index (κ1) is 17.4.